The summed E-state index contributed by atoms with van der Waals surface area (Å²) in [4.78, 5) is 10.7. The molecule has 1 rings (SSSR count). The summed E-state index contributed by atoms with van der Waals surface area (Å²) < 4.78 is 0. The number of carbonyl (C=O) groups is 1. The van der Waals surface area contributed by atoms with Crippen molar-refractivity contribution >= 4 is 5.91 Å². The summed E-state index contributed by atoms with van der Waals surface area (Å²) in [7, 11) is 0. The number of piperidine rings is 1. The molecule has 2 atom stereocenters. The molecular weight excluding hydrogens is 154 g/mol. The lowest BCUT2D eigenvalue weighted by molar-refractivity contribution is -0.119. The van der Waals surface area contributed by atoms with Crippen LogP contribution in [0, 0.1) is 5.92 Å². The summed E-state index contributed by atoms with van der Waals surface area (Å²) in [6, 6.07) is 0. The van der Waals surface area contributed by atoms with Crippen molar-refractivity contribution in [1.82, 2.24) is 5.32 Å². The Kier molecular flexibility index (Phi) is 2.69. The molecular formula is C8H17N3O. The summed E-state index contributed by atoms with van der Waals surface area (Å²) in [5.74, 6) is 0.0185. The van der Waals surface area contributed by atoms with Crippen molar-refractivity contribution in [3.8, 4) is 0 Å². The maximum absolute atomic E-state index is 10.7. The van der Waals surface area contributed by atoms with E-state index in [1.807, 2.05) is 0 Å². The summed E-state index contributed by atoms with van der Waals surface area (Å²) in [6.45, 7) is 3.81. The summed E-state index contributed by atoms with van der Waals surface area (Å²) in [5.41, 5.74) is 10.8. The SMILES string of the molecule is CC1CNCCC1(N)CC(N)=O. The number of nitrogens with one attached hydrogen (secondary N) is 1. The zero-order chi connectivity index (χ0) is 9.19. The molecule has 0 aromatic carbocycles. The van der Waals surface area contributed by atoms with Crippen LogP contribution in [0.4, 0.5) is 0 Å². The van der Waals surface area contributed by atoms with E-state index in [1.165, 1.54) is 0 Å². The molecule has 0 aromatic rings. The Bertz CT molecular complexity index is 183. The first-order chi connectivity index (χ1) is 5.54. The fraction of sp³-hybridized carbons (Fsp3) is 0.875. The highest BCUT2D eigenvalue weighted by Crippen LogP contribution is 2.24. The van der Waals surface area contributed by atoms with Crippen LogP contribution in [-0.4, -0.2) is 24.5 Å². The Hall–Kier alpha value is -0.610. The third-order valence-electron chi connectivity index (χ3n) is 2.70. The number of hydrogen-bond donors (Lipinski definition) is 3. The highest BCUT2D eigenvalue weighted by molar-refractivity contribution is 5.75. The number of hydrogen-bond acceptors (Lipinski definition) is 3. The monoisotopic (exact) mass is 171 g/mol. The third-order valence-corrected chi connectivity index (χ3v) is 2.70. The molecule has 1 amide bonds. The number of primary amides is 1. The lowest BCUT2D eigenvalue weighted by atomic mass is 9.78. The van der Waals surface area contributed by atoms with Crippen molar-refractivity contribution in [3.05, 3.63) is 0 Å². The lowest BCUT2D eigenvalue weighted by Crippen LogP contribution is -2.56. The van der Waals surface area contributed by atoms with Gasteiger partial charge in [-0.15, -0.1) is 0 Å². The Morgan fingerprint density at radius 2 is 2.42 bits per heavy atom. The molecule has 1 saturated heterocycles. The molecule has 1 heterocycles. The number of rotatable bonds is 2. The second kappa shape index (κ2) is 3.41. The minimum atomic E-state index is -0.378. The van der Waals surface area contributed by atoms with Gasteiger partial charge in [0.1, 0.15) is 0 Å². The van der Waals surface area contributed by atoms with Gasteiger partial charge in [0, 0.05) is 12.0 Å². The Morgan fingerprint density at radius 1 is 1.75 bits per heavy atom. The van der Waals surface area contributed by atoms with Crippen LogP contribution in [0.25, 0.3) is 0 Å². The predicted molar refractivity (Wildman–Crippen MR) is 47.4 cm³/mol. The van der Waals surface area contributed by atoms with E-state index in [9.17, 15) is 4.79 Å². The van der Waals surface area contributed by atoms with Gasteiger partial charge in [0.15, 0.2) is 0 Å². The number of amides is 1. The fourth-order valence-corrected chi connectivity index (χ4v) is 1.68. The van der Waals surface area contributed by atoms with Crippen LogP contribution in [0.5, 0.6) is 0 Å². The molecule has 5 N–H and O–H groups in total. The van der Waals surface area contributed by atoms with E-state index in [-0.39, 0.29) is 11.4 Å². The number of nitrogens with two attached hydrogens (primary N) is 2. The maximum Gasteiger partial charge on any atom is 0.219 e. The Morgan fingerprint density at radius 3 is 2.92 bits per heavy atom. The van der Waals surface area contributed by atoms with Gasteiger partial charge in [0.25, 0.3) is 0 Å². The molecule has 0 saturated carbocycles. The summed E-state index contributed by atoms with van der Waals surface area (Å²) in [6.07, 6.45) is 1.13. The van der Waals surface area contributed by atoms with Gasteiger partial charge in [-0.2, -0.15) is 0 Å². The van der Waals surface area contributed by atoms with Crippen molar-refractivity contribution in [2.45, 2.75) is 25.3 Å². The smallest absolute Gasteiger partial charge is 0.219 e. The van der Waals surface area contributed by atoms with Crippen molar-refractivity contribution in [3.63, 3.8) is 0 Å². The van der Waals surface area contributed by atoms with Gasteiger partial charge in [0.2, 0.25) is 5.91 Å². The molecule has 1 fully saturated rings. The molecule has 0 radical (unpaired) electrons. The molecule has 70 valence electrons. The van der Waals surface area contributed by atoms with Gasteiger partial charge in [-0.1, -0.05) is 6.92 Å². The molecule has 0 aliphatic carbocycles. The van der Waals surface area contributed by atoms with Crippen molar-refractivity contribution in [2.75, 3.05) is 13.1 Å². The lowest BCUT2D eigenvalue weighted by Gasteiger charge is -2.39. The van der Waals surface area contributed by atoms with Crippen molar-refractivity contribution in [2.24, 2.45) is 17.4 Å². The van der Waals surface area contributed by atoms with E-state index >= 15 is 0 Å². The molecule has 1 aliphatic heterocycles. The highest BCUT2D eigenvalue weighted by Gasteiger charge is 2.35. The molecule has 4 nitrogen and oxygen atoms in total. The van der Waals surface area contributed by atoms with E-state index in [0.29, 0.717) is 12.3 Å². The summed E-state index contributed by atoms with van der Waals surface area (Å²) >= 11 is 0. The summed E-state index contributed by atoms with van der Waals surface area (Å²) in [5, 5.41) is 3.23. The molecule has 0 spiro atoms. The van der Waals surface area contributed by atoms with E-state index < -0.39 is 0 Å². The van der Waals surface area contributed by atoms with Gasteiger partial charge >= 0.3 is 0 Å². The Balaban J connectivity index is 2.59. The van der Waals surface area contributed by atoms with Crippen LogP contribution >= 0.6 is 0 Å². The van der Waals surface area contributed by atoms with Crippen molar-refractivity contribution in [1.29, 1.82) is 0 Å². The van der Waals surface area contributed by atoms with Crippen LogP contribution in [0.15, 0.2) is 0 Å². The maximum atomic E-state index is 10.7. The third kappa shape index (κ3) is 1.95. The Labute approximate surface area is 72.7 Å². The topological polar surface area (TPSA) is 81.1 Å². The second-order valence-electron chi connectivity index (χ2n) is 3.73. The van der Waals surface area contributed by atoms with Crippen LogP contribution in [0.1, 0.15) is 19.8 Å². The van der Waals surface area contributed by atoms with Crippen LogP contribution < -0.4 is 16.8 Å². The van der Waals surface area contributed by atoms with Crippen LogP contribution in [0.2, 0.25) is 0 Å². The average molecular weight is 171 g/mol. The molecule has 1 aliphatic rings. The quantitative estimate of drug-likeness (QED) is 0.508. The average Bonchev–Trinajstić information content (AvgIpc) is 1.94. The minimum Gasteiger partial charge on any atom is -0.370 e. The predicted octanol–water partition coefficient (Wildman–Crippen LogP) is -0.811. The minimum absolute atomic E-state index is 0.300. The van der Waals surface area contributed by atoms with E-state index in [0.717, 1.165) is 19.5 Å². The van der Waals surface area contributed by atoms with Crippen LogP contribution in [0.3, 0.4) is 0 Å². The van der Waals surface area contributed by atoms with Crippen LogP contribution in [-0.2, 0) is 4.79 Å². The van der Waals surface area contributed by atoms with E-state index in [2.05, 4.69) is 12.2 Å². The van der Waals surface area contributed by atoms with Gasteiger partial charge in [0.05, 0.1) is 0 Å². The molecule has 0 aromatic heterocycles. The first kappa shape index (κ1) is 9.48. The van der Waals surface area contributed by atoms with E-state index in [4.69, 9.17) is 11.5 Å². The second-order valence-corrected chi connectivity index (χ2v) is 3.73. The zero-order valence-electron chi connectivity index (χ0n) is 7.47. The standard InChI is InChI=1S/C8H17N3O/c1-6-5-11-3-2-8(6,10)4-7(9)12/h6,11H,2-5,10H2,1H3,(H2,9,12). The molecule has 12 heavy (non-hydrogen) atoms. The van der Waals surface area contributed by atoms with E-state index in [1.54, 1.807) is 0 Å². The first-order valence-corrected chi connectivity index (χ1v) is 4.32. The zero-order valence-corrected chi connectivity index (χ0v) is 7.47. The molecule has 2 unspecified atom stereocenters. The van der Waals surface area contributed by atoms with Gasteiger partial charge < -0.3 is 16.8 Å². The molecule has 0 bridgehead atoms. The van der Waals surface area contributed by atoms with Crippen molar-refractivity contribution < 1.29 is 4.79 Å². The van der Waals surface area contributed by atoms with Gasteiger partial charge in [-0.05, 0) is 25.4 Å². The molecule has 4 heteroatoms. The fourth-order valence-electron chi connectivity index (χ4n) is 1.68. The normalized spacial score (nSPS) is 36.3. The largest absolute Gasteiger partial charge is 0.370 e. The highest BCUT2D eigenvalue weighted by atomic mass is 16.1. The first-order valence-electron chi connectivity index (χ1n) is 4.32. The van der Waals surface area contributed by atoms with Gasteiger partial charge in [-0.25, -0.2) is 0 Å². The van der Waals surface area contributed by atoms with Gasteiger partial charge in [-0.3, -0.25) is 4.79 Å². The number of carbonyl (C=O) groups excluding carboxylic acids is 1.